The summed E-state index contributed by atoms with van der Waals surface area (Å²) in [5.74, 6) is 2.31. The molecule has 0 unspecified atom stereocenters. The standard InChI is InChI=1S/C47H60N2O11Si/c1-47(2,3)61(8,9)60-38(28-48-45(52)30-58-36-14-10-12-34(26-36)39(50)20-16-32-18-22-41(54-4)43(24-32)56-6)29-49-46(53)31-59-37-15-11-13-35(27-37)40(51)21-17-33-19-23-42(55-5)44(25-33)57-7/h10-15,18-19,22-27,38H,16-17,20-21,28-31H2,1-9H3,(H,48,52)(H,49,53). The number of methoxy groups -OCH3 is 4. The normalized spacial score (nSPS) is 11.4. The molecule has 4 rings (SSSR count). The molecule has 0 aliphatic rings. The van der Waals surface area contributed by atoms with Gasteiger partial charge in [-0.15, -0.1) is 0 Å². The highest BCUT2D eigenvalue weighted by molar-refractivity contribution is 6.74. The fourth-order valence-electron chi connectivity index (χ4n) is 6.00. The van der Waals surface area contributed by atoms with Crippen molar-refractivity contribution in [3.05, 3.63) is 107 Å². The van der Waals surface area contributed by atoms with E-state index in [1.807, 2.05) is 36.4 Å². The van der Waals surface area contributed by atoms with E-state index in [4.69, 9.17) is 32.8 Å². The maximum absolute atomic E-state index is 13.0. The summed E-state index contributed by atoms with van der Waals surface area (Å²) in [6.45, 7) is 10.2. The molecule has 0 heterocycles. The van der Waals surface area contributed by atoms with E-state index in [1.165, 1.54) is 0 Å². The number of ether oxygens (including phenoxy) is 6. The van der Waals surface area contributed by atoms with Gasteiger partial charge in [0.05, 0.1) is 34.5 Å². The largest absolute Gasteiger partial charge is 0.493 e. The summed E-state index contributed by atoms with van der Waals surface area (Å²) in [6, 6.07) is 24.6. The topological polar surface area (TPSA) is 157 Å². The van der Waals surface area contributed by atoms with Crippen molar-refractivity contribution in [1.29, 1.82) is 0 Å². The highest BCUT2D eigenvalue weighted by Crippen LogP contribution is 2.37. The number of benzene rings is 4. The molecule has 0 aliphatic heterocycles. The van der Waals surface area contributed by atoms with Crippen LogP contribution in [0.3, 0.4) is 0 Å². The first-order valence-corrected chi connectivity index (χ1v) is 23.1. The van der Waals surface area contributed by atoms with Crippen LogP contribution in [-0.2, 0) is 26.9 Å². The second-order valence-electron chi connectivity index (χ2n) is 16.0. The fourth-order valence-corrected chi connectivity index (χ4v) is 7.35. The Morgan fingerprint density at radius 3 is 1.36 bits per heavy atom. The van der Waals surface area contributed by atoms with Gasteiger partial charge >= 0.3 is 0 Å². The third-order valence-electron chi connectivity index (χ3n) is 10.6. The Balaban J connectivity index is 1.26. The van der Waals surface area contributed by atoms with Crippen LogP contribution in [0.15, 0.2) is 84.9 Å². The number of rotatable bonds is 24. The maximum atomic E-state index is 13.0. The van der Waals surface area contributed by atoms with Crippen LogP contribution < -0.4 is 39.1 Å². The first-order valence-electron chi connectivity index (χ1n) is 20.2. The first-order chi connectivity index (χ1) is 29.0. The molecule has 0 saturated heterocycles. The van der Waals surface area contributed by atoms with Crippen molar-refractivity contribution in [3.63, 3.8) is 0 Å². The molecule has 0 aliphatic carbocycles. The van der Waals surface area contributed by atoms with Gasteiger partial charge in [0.15, 0.2) is 56.1 Å². The van der Waals surface area contributed by atoms with Crippen molar-refractivity contribution in [2.45, 2.75) is 70.7 Å². The molecule has 14 heteroatoms. The van der Waals surface area contributed by atoms with E-state index < -0.39 is 14.4 Å². The number of aryl methyl sites for hydroxylation is 2. The number of carbonyl (C=O) groups is 4. The van der Waals surface area contributed by atoms with Crippen molar-refractivity contribution in [2.75, 3.05) is 54.7 Å². The Hall–Kier alpha value is -5.86. The van der Waals surface area contributed by atoms with Gasteiger partial charge in [-0.05, 0) is 90.6 Å². The Labute approximate surface area is 360 Å². The van der Waals surface area contributed by atoms with Crippen LogP contribution >= 0.6 is 0 Å². The molecule has 2 amide bonds. The van der Waals surface area contributed by atoms with Gasteiger partial charge in [0.1, 0.15) is 11.5 Å². The monoisotopic (exact) mass is 856 g/mol. The number of hydrogen-bond acceptors (Lipinski definition) is 11. The lowest BCUT2D eigenvalue weighted by atomic mass is 10.0. The van der Waals surface area contributed by atoms with Gasteiger partial charge in [-0.1, -0.05) is 57.2 Å². The third kappa shape index (κ3) is 14.7. The van der Waals surface area contributed by atoms with Crippen LogP contribution in [0.5, 0.6) is 34.5 Å². The minimum absolute atomic E-state index is 0.0648. The van der Waals surface area contributed by atoms with Crippen LogP contribution in [0.25, 0.3) is 0 Å². The molecular weight excluding hydrogens is 797 g/mol. The van der Waals surface area contributed by atoms with Gasteiger partial charge in [-0.2, -0.15) is 0 Å². The van der Waals surface area contributed by atoms with Gasteiger partial charge in [-0.25, -0.2) is 0 Å². The van der Waals surface area contributed by atoms with Crippen molar-refractivity contribution >= 4 is 31.7 Å². The summed E-state index contributed by atoms with van der Waals surface area (Å²) in [6.07, 6.45) is 1.04. The molecule has 328 valence electrons. The predicted octanol–water partition coefficient (Wildman–Crippen LogP) is 7.43. The van der Waals surface area contributed by atoms with Crippen LogP contribution in [0, 0.1) is 0 Å². The molecule has 0 saturated carbocycles. The summed E-state index contributed by atoms with van der Waals surface area (Å²) in [5.41, 5.74) is 2.83. The molecule has 0 atom stereocenters. The molecule has 13 nitrogen and oxygen atoms in total. The lowest BCUT2D eigenvalue weighted by Crippen LogP contribution is -2.51. The van der Waals surface area contributed by atoms with E-state index >= 15 is 0 Å². The van der Waals surface area contributed by atoms with Crippen molar-refractivity contribution < 1.29 is 52.0 Å². The highest BCUT2D eigenvalue weighted by atomic mass is 28.4. The highest BCUT2D eigenvalue weighted by Gasteiger charge is 2.39. The van der Waals surface area contributed by atoms with E-state index in [9.17, 15) is 19.2 Å². The van der Waals surface area contributed by atoms with Crippen molar-refractivity contribution in [1.82, 2.24) is 10.6 Å². The van der Waals surface area contributed by atoms with Gasteiger partial charge < -0.3 is 43.5 Å². The molecule has 4 aromatic rings. The Morgan fingerprint density at radius 1 is 0.574 bits per heavy atom. The zero-order valence-corrected chi connectivity index (χ0v) is 37.8. The SMILES string of the molecule is COc1ccc(CCC(=O)c2cccc(OCC(=O)NCC(CNC(=O)COc3cccc(C(=O)CCc4ccc(OC)c(OC)c4)c3)O[Si](C)(C)C(C)(C)C)c2)cc1OC. The Morgan fingerprint density at radius 2 is 0.984 bits per heavy atom. The van der Waals surface area contributed by atoms with Gasteiger partial charge in [0, 0.05) is 37.1 Å². The number of amides is 2. The van der Waals surface area contributed by atoms with Gasteiger partial charge in [-0.3, -0.25) is 19.2 Å². The average molecular weight is 857 g/mol. The predicted molar refractivity (Wildman–Crippen MR) is 236 cm³/mol. The fraction of sp³-hybridized carbons (Fsp3) is 0.404. The lowest BCUT2D eigenvalue weighted by molar-refractivity contribution is -0.123. The molecule has 0 fully saturated rings. The van der Waals surface area contributed by atoms with Gasteiger partial charge in [0.25, 0.3) is 11.8 Å². The zero-order chi connectivity index (χ0) is 44.6. The number of carbonyl (C=O) groups excluding carboxylic acids is 4. The molecule has 0 radical (unpaired) electrons. The van der Waals surface area contributed by atoms with E-state index in [0.717, 1.165) is 11.1 Å². The first kappa shape index (κ1) is 47.8. The molecular formula is C47H60N2O11Si. The van der Waals surface area contributed by atoms with E-state index in [-0.39, 0.29) is 67.6 Å². The summed E-state index contributed by atoms with van der Waals surface area (Å²) in [4.78, 5) is 52.1. The Bertz CT molecular complexity index is 1980. The molecule has 4 aromatic carbocycles. The molecule has 0 spiro atoms. The second-order valence-corrected chi connectivity index (χ2v) is 20.7. The van der Waals surface area contributed by atoms with E-state index in [2.05, 4.69) is 44.5 Å². The van der Waals surface area contributed by atoms with Crippen molar-refractivity contribution in [2.24, 2.45) is 0 Å². The third-order valence-corrected chi connectivity index (χ3v) is 15.1. The van der Waals surface area contributed by atoms with Crippen LogP contribution in [0.2, 0.25) is 18.1 Å². The number of Topliss-reactive ketones (excluding diaryl/α,β-unsaturated/α-hetero) is 2. The average Bonchev–Trinajstić information content (AvgIpc) is 3.26. The summed E-state index contributed by atoms with van der Waals surface area (Å²) in [5, 5.41) is 5.62. The quantitative estimate of drug-likeness (QED) is 0.0534. The number of hydrogen-bond donors (Lipinski definition) is 2. The number of ketones is 2. The van der Waals surface area contributed by atoms with Crippen LogP contribution in [-0.4, -0.2) is 92.5 Å². The van der Waals surface area contributed by atoms with E-state index in [0.29, 0.717) is 58.5 Å². The smallest absolute Gasteiger partial charge is 0.258 e. The minimum atomic E-state index is -2.32. The molecule has 0 bridgehead atoms. The number of nitrogens with one attached hydrogen (secondary N) is 2. The van der Waals surface area contributed by atoms with Gasteiger partial charge in [0.2, 0.25) is 0 Å². The molecule has 0 aromatic heterocycles. The zero-order valence-electron chi connectivity index (χ0n) is 36.8. The second kappa shape index (κ2) is 22.7. The Kier molecular flexibility index (Phi) is 17.8. The van der Waals surface area contributed by atoms with Crippen molar-refractivity contribution in [3.8, 4) is 34.5 Å². The van der Waals surface area contributed by atoms with Crippen LogP contribution in [0.1, 0.15) is 65.5 Å². The molecule has 2 N–H and O–H groups in total. The molecule has 61 heavy (non-hydrogen) atoms. The summed E-state index contributed by atoms with van der Waals surface area (Å²) >= 11 is 0. The minimum Gasteiger partial charge on any atom is -0.493 e. The summed E-state index contributed by atoms with van der Waals surface area (Å²) < 4.78 is 39.5. The lowest BCUT2D eigenvalue weighted by Gasteiger charge is -2.39. The summed E-state index contributed by atoms with van der Waals surface area (Å²) in [7, 11) is 3.96. The van der Waals surface area contributed by atoms with Crippen LogP contribution in [0.4, 0.5) is 0 Å². The maximum Gasteiger partial charge on any atom is 0.258 e. The van der Waals surface area contributed by atoms with E-state index in [1.54, 1.807) is 77.0 Å².